The lowest BCUT2D eigenvalue weighted by Gasteiger charge is -2.19. The molecule has 0 spiro atoms. The SMILES string of the molecule is CN(CC(F)(F)F)C(=O)c1cccn1CC(=O)O. The van der Waals surface area contributed by atoms with Gasteiger partial charge in [-0.25, -0.2) is 0 Å². The van der Waals surface area contributed by atoms with Crippen LogP contribution in [0.25, 0.3) is 0 Å². The fourth-order valence-electron chi connectivity index (χ4n) is 1.43. The van der Waals surface area contributed by atoms with Crippen molar-refractivity contribution in [2.24, 2.45) is 0 Å². The molecule has 0 aliphatic carbocycles. The molecule has 100 valence electrons. The lowest BCUT2D eigenvalue weighted by molar-refractivity contribution is -0.139. The van der Waals surface area contributed by atoms with Crippen LogP contribution in [-0.2, 0) is 11.3 Å². The Morgan fingerprint density at radius 2 is 2.06 bits per heavy atom. The molecule has 0 radical (unpaired) electrons. The average molecular weight is 264 g/mol. The van der Waals surface area contributed by atoms with Crippen LogP contribution >= 0.6 is 0 Å². The van der Waals surface area contributed by atoms with Crippen LogP contribution in [0.4, 0.5) is 13.2 Å². The number of nitrogens with zero attached hydrogens (tertiary/aromatic N) is 2. The van der Waals surface area contributed by atoms with Crippen molar-refractivity contribution in [3.05, 3.63) is 24.0 Å². The summed E-state index contributed by atoms with van der Waals surface area (Å²) >= 11 is 0. The molecule has 1 rings (SSSR count). The summed E-state index contributed by atoms with van der Waals surface area (Å²) in [7, 11) is 1.01. The summed E-state index contributed by atoms with van der Waals surface area (Å²) in [5.74, 6) is -2.06. The largest absolute Gasteiger partial charge is 0.480 e. The first-order chi connectivity index (χ1) is 8.20. The average Bonchev–Trinajstić information content (AvgIpc) is 2.60. The van der Waals surface area contributed by atoms with Gasteiger partial charge in [0.15, 0.2) is 0 Å². The third-order valence-corrected chi connectivity index (χ3v) is 2.12. The summed E-state index contributed by atoms with van der Waals surface area (Å²) in [6.45, 7) is -1.86. The van der Waals surface area contributed by atoms with Gasteiger partial charge in [-0.15, -0.1) is 0 Å². The molecular formula is C10H11F3N2O3. The van der Waals surface area contributed by atoms with Gasteiger partial charge in [0.05, 0.1) is 0 Å². The van der Waals surface area contributed by atoms with Crippen molar-refractivity contribution >= 4 is 11.9 Å². The zero-order valence-corrected chi connectivity index (χ0v) is 9.44. The van der Waals surface area contributed by atoms with E-state index in [-0.39, 0.29) is 5.69 Å². The number of halogens is 3. The Morgan fingerprint density at radius 1 is 1.44 bits per heavy atom. The Morgan fingerprint density at radius 3 is 2.56 bits per heavy atom. The first-order valence-electron chi connectivity index (χ1n) is 4.90. The number of hydrogen-bond acceptors (Lipinski definition) is 2. The zero-order chi connectivity index (χ0) is 13.9. The van der Waals surface area contributed by atoms with E-state index in [0.717, 1.165) is 11.6 Å². The van der Waals surface area contributed by atoms with E-state index in [4.69, 9.17) is 5.11 Å². The molecule has 1 aromatic rings. The van der Waals surface area contributed by atoms with Crippen LogP contribution in [0, 0.1) is 0 Å². The molecule has 1 N–H and O–H groups in total. The molecule has 5 nitrogen and oxygen atoms in total. The molecule has 18 heavy (non-hydrogen) atoms. The fourth-order valence-corrected chi connectivity index (χ4v) is 1.43. The summed E-state index contributed by atoms with van der Waals surface area (Å²) < 4.78 is 37.5. The van der Waals surface area contributed by atoms with E-state index in [2.05, 4.69) is 0 Å². The number of alkyl halides is 3. The molecule has 1 aromatic heterocycles. The summed E-state index contributed by atoms with van der Waals surface area (Å²) in [6, 6.07) is 2.68. The Kier molecular flexibility index (Phi) is 4.00. The highest BCUT2D eigenvalue weighted by Crippen LogP contribution is 2.17. The number of carboxylic acid groups (broad SMARTS) is 1. The number of aromatic nitrogens is 1. The van der Waals surface area contributed by atoms with E-state index in [1.165, 1.54) is 18.3 Å². The number of amides is 1. The molecule has 0 fully saturated rings. The standard InChI is InChI=1S/C10H11F3N2O3/c1-14(6-10(11,12)13)9(18)7-3-2-4-15(7)5-8(16)17/h2-4H,5-6H2,1H3,(H,16,17). The van der Waals surface area contributed by atoms with Gasteiger partial charge in [-0.05, 0) is 12.1 Å². The summed E-state index contributed by atoms with van der Waals surface area (Å²) in [6.07, 6.45) is -3.17. The van der Waals surface area contributed by atoms with Crippen molar-refractivity contribution in [2.75, 3.05) is 13.6 Å². The van der Waals surface area contributed by atoms with Crippen LogP contribution in [0.15, 0.2) is 18.3 Å². The van der Waals surface area contributed by atoms with Crippen molar-refractivity contribution in [3.8, 4) is 0 Å². The van der Waals surface area contributed by atoms with Crippen LogP contribution in [0.3, 0.4) is 0 Å². The van der Waals surface area contributed by atoms with E-state index in [1.54, 1.807) is 0 Å². The second kappa shape index (κ2) is 5.11. The number of aliphatic carboxylic acids is 1. The first kappa shape index (κ1) is 14.1. The molecule has 0 aromatic carbocycles. The van der Waals surface area contributed by atoms with E-state index < -0.39 is 31.1 Å². The minimum Gasteiger partial charge on any atom is -0.480 e. The van der Waals surface area contributed by atoms with Gasteiger partial charge in [-0.2, -0.15) is 13.2 Å². The van der Waals surface area contributed by atoms with E-state index in [1.807, 2.05) is 0 Å². The van der Waals surface area contributed by atoms with Gasteiger partial charge in [-0.3, -0.25) is 9.59 Å². The molecule has 8 heteroatoms. The van der Waals surface area contributed by atoms with Crippen LogP contribution in [0.5, 0.6) is 0 Å². The lowest BCUT2D eigenvalue weighted by atomic mass is 10.3. The van der Waals surface area contributed by atoms with Gasteiger partial charge >= 0.3 is 12.1 Å². The monoisotopic (exact) mass is 264 g/mol. The van der Waals surface area contributed by atoms with E-state index in [0.29, 0.717) is 4.90 Å². The Balaban J connectivity index is 2.84. The van der Waals surface area contributed by atoms with Crippen molar-refractivity contribution in [2.45, 2.75) is 12.7 Å². The molecule has 0 aliphatic rings. The summed E-state index contributed by atoms with van der Waals surface area (Å²) in [4.78, 5) is 22.7. The second-order valence-electron chi connectivity index (χ2n) is 3.69. The van der Waals surface area contributed by atoms with Crippen molar-refractivity contribution in [3.63, 3.8) is 0 Å². The minimum absolute atomic E-state index is 0.0934. The predicted octanol–water partition coefficient (Wildman–Crippen LogP) is 1.21. The fraction of sp³-hybridized carbons (Fsp3) is 0.400. The number of carboxylic acids is 1. The van der Waals surface area contributed by atoms with Crippen LogP contribution in [-0.4, -0.2) is 46.2 Å². The molecule has 0 aliphatic heterocycles. The van der Waals surface area contributed by atoms with Gasteiger partial charge in [0.1, 0.15) is 18.8 Å². The van der Waals surface area contributed by atoms with Crippen molar-refractivity contribution in [1.29, 1.82) is 0 Å². The minimum atomic E-state index is -4.49. The maximum Gasteiger partial charge on any atom is 0.406 e. The quantitative estimate of drug-likeness (QED) is 0.889. The van der Waals surface area contributed by atoms with Crippen LogP contribution in [0.1, 0.15) is 10.5 Å². The summed E-state index contributed by atoms with van der Waals surface area (Å²) in [5, 5.41) is 8.59. The van der Waals surface area contributed by atoms with Gasteiger partial charge in [0.2, 0.25) is 0 Å². The number of rotatable bonds is 4. The Hall–Kier alpha value is -1.99. The maximum absolute atomic E-state index is 12.1. The molecule has 0 saturated carbocycles. The van der Waals surface area contributed by atoms with Crippen molar-refractivity contribution in [1.82, 2.24) is 9.47 Å². The lowest BCUT2D eigenvalue weighted by Crippen LogP contribution is -2.37. The highest BCUT2D eigenvalue weighted by atomic mass is 19.4. The van der Waals surface area contributed by atoms with Gasteiger partial charge < -0.3 is 14.6 Å². The highest BCUT2D eigenvalue weighted by Gasteiger charge is 2.32. The zero-order valence-electron chi connectivity index (χ0n) is 9.44. The third kappa shape index (κ3) is 3.79. The Labute approximate surface area is 100 Å². The van der Waals surface area contributed by atoms with Crippen LogP contribution < -0.4 is 0 Å². The number of carbonyl (C=O) groups excluding carboxylic acids is 1. The third-order valence-electron chi connectivity index (χ3n) is 2.12. The molecule has 1 heterocycles. The van der Waals surface area contributed by atoms with Gasteiger partial charge in [0.25, 0.3) is 5.91 Å². The molecular weight excluding hydrogens is 253 g/mol. The van der Waals surface area contributed by atoms with E-state index in [9.17, 15) is 22.8 Å². The molecule has 0 unspecified atom stereocenters. The first-order valence-corrected chi connectivity index (χ1v) is 4.90. The number of carbonyl (C=O) groups is 2. The molecule has 1 amide bonds. The number of hydrogen-bond donors (Lipinski definition) is 1. The molecule has 0 bridgehead atoms. The second-order valence-corrected chi connectivity index (χ2v) is 3.69. The topological polar surface area (TPSA) is 62.5 Å². The molecule has 0 atom stereocenters. The van der Waals surface area contributed by atoms with Gasteiger partial charge in [0, 0.05) is 13.2 Å². The predicted molar refractivity (Wildman–Crippen MR) is 55.1 cm³/mol. The smallest absolute Gasteiger partial charge is 0.406 e. The highest BCUT2D eigenvalue weighted by molar-refractivity contribution is 5.93. The van der Waals surface area contributed by atoms with Crippen molar-refractivity contribution < 1.29 is 27.9 Å². The van der Waals surface area contributed by atoms with E-state index >= 15 is 0 Å². The summed E-state index contributed by atoms with van der Waals surface area (Å²) in [5.41, 5.74) is -0.0934. The normalized spacial score (nSPS) is 11.3. The van der Waals surface area contributed by atoms with Crippen LogP contribution in [0.2, 0.25) is 0 Å². The maximum atomic E-state index is 12.1. The Bertz CT molecular complexity index is 453. The van der Waals surface area contributed by atoms with Gasteiger partial charge in [-0.1, -0.05) is 0 Å². The molecule has 0 saturated heterocycles.